The predicted molar refractivity (Wildman–Crippen MR) is 82.4 cm³/mol. The Bertz CT molecular complexity index is 726. The van der Waals surface area contributed by atoms with Crippen LogP contribution in [0.3, 0.4) is 0 Å². The summed E-state index contributed by atoms with van der Waals surface area (Å²) < 4.78 is 0. The van der Waals surface area contributed by atoms with E-state index in [4.69, 9.17) is 11.6 Å². The molecule has 7 heteroatoms. The molecule has 112 valence electrons. The van der Waals surface area contributed by atoms with Crippen LogP contribution in [-0.4, -0.2) is 53.4 Å². The van der Waals surface area contributed by atoms with Gasteiger partial charge >= 0.3 is 0 Å². The van der Waals surface area contributed by atoms with Gasteiger partial charge in [-0.2, -0.15) is 0 Å². The van der Waals surface area contributed by atoms with Crippen LogP contribution < -0.4 is 5.56 Å². The summed E-state index contributed by atoms with van der Waals surface area (Å²) in [6, 6.07) is 4.95. The van der Waals surface area contributed by atoms with Gasteiger partial charge in [0, 0.05) is 19.1 Å². The summed E-state index contributed by atoms with van der Waals surface area (Å²) >= 11 is 5.92. The minimum absolute atomic E-state index is 0.0105. The van der Waals surface area contributed by atoms with Crippen molar-refractivity contribution in [2.24, 2.45) is 0 Å². The van der Waals surface area contributed by atoms with Gasteiger partial charge in [-0.05, 0) is 25.2 Å². The van der Waals surface area contributed by atoms with Gasteiger partial charge in [0.15, 0.2) is 0 Å². The lowest BCUT2D eigenvalue weighted by atomic mass is 10.2. The van der Waals surface area contributed by atoms with Crippen molar-refractivity contribution in [1.29, 1.82) is 0 Å². The average Bonchev–Trinajstić information content (AvgIpc) is 2.37. The number of benzene rings is 1. The van der Waals surface area contributed by atoms with E-state index < -0.39 is 0 Å². The number of rotatable bonds is 4. The van der Waals surface area contributed by atoms with E-state index in [0.29, 0.717) is 28.3 Å². The zero-order chi connectivity index (χ0) is 15.6. The molecule has 0 aliphatic carbocycles. The van der Waals surface area contributed by atoms with Crippen molar-refractivity contribution in [3.8, 4) is 0 Å². The van der Waals surface area contributed by atoms with Crippen LogP contribution >= 0.6 is 11.6 Å². The minimum atomic E-state index is -0.209. The minimum Gasteiger partial charge on any atom is -0.348 e. The van der Waals surface area contributed by atoms with Gasteiger partial charge in [0.2, 0.25) is 5.91 Å². The fourth-order valence-electron chi connectivity index (χ4n) is 1.92. The van der Waals surface area contributed by atoms with E-state index in [-0.39, 0.29) is 18.0 Å². The van der Waals surface area contributed by atoms with Gasteiger partial charge in [-0.1, -0.05) is 11.6 Å². The predicted octanol–water partition coefficient (Wildman–Crippen LogP) is 1.10. The van der Waals surface area contributed by atoms with Crippen molar-refractivity contribution >= 4 is 28.4 Å². The second-order valence-electron chi connectivity index (χ2n) is 5.13. The maximum absolute atomic E-state index is 12.0. The molecule has 1 N–H and O–H groups in total. The Morgan fingerprint density at radius 2 is 2.05 bits per heavy atom. The molecule has 21 heavy (non-hydrogen) atoms. The Labute approximate surface area is 127 Å². The van der Waals surface area contributed by atoms with Gasteiger partial charge in [0.05, 0.1) is 24.0 Å². The molecule has 0 saturated carbocycles. The van der Waals surface area contributed by atoms with E-state index in [1.807, 2.05) is 0 Å². The number of fused-ring (bicyclic) bond motifs is 1. The third kappa shape index (κ3) is 3.80. The summed E-state index contributed by atoms with van der Waals surface area (Å²) in [5.41, 5.74) is 0.340. The number of amides is 1. The number of hydrogen-bond donors (Lipinski definition) is 1. The number of aromatic nitrogens is 2. The number of hydrogen-bond acceptors (Lipinski definition) is 4. The van der Waals surface area contributed by atoms with Gasteiger partial charge < -0.3 is 9.88 Å². The summed E-state index contributed by atoms with van der Waals surface area (Å²) in [7, 11) is 5.20. The van der Waals surface area contributed by atoms with Crippen LogP contribution in [0.1, 0.15) is 5.82 Å². The molecule has 6 nitrogen and oxygen atoms in total. The Morgan fingerprint density at radius 3 is 2.71 bits per heavy atom. The van der Waals surface area contributed by atoms with E-state index in [1.165, 1.54) is 4.90 Å². The smallest absolute Gasteiger partial charge is 0.258 e. The highest BCUT2D eigenvalue weighted by Gasteiger charge is 2.11. The first-order valence-corrected chi connectivity index (χ1v) is 6.82. The van der Waals surface area contributed by atoms with Crippen LogP contribution in [0.4, 0.5) is 0 Å². The normalized spacial score (nSPS) is 11.1. The number of carbonyl (C=O) groups is 1. The maximum Gasteiger partial charge on any atom is 0.258 e. The van der Waals surface area contributed by atoms with Crippen LogP contribution in [0.2, 0.25) is 5.02 Å². The molecule has 1 amide bonds. The van der Waals surface area contributed by atoms with E-state index in [9.17, 15) is 9.59 Å². The molecule has 1 aromatic heterocycles. The van der Waals surface area contributed by atoms with Gasteiger partial charge in [0.1, 0.15) is 5.82 Å². The molecule has 2 rings (SSSR count). The SMILES string of the molecule is CN(CC(=O)N(C)C)Cc1nc2cc(Cl)ccc2c(=O)[nH]1. The molecule has 0 bridgehead atoms. The Hall–Kier alpha value is -1.92. The van der Waals surface area contributed by atoms with Crippen molar-refractivity contribution < 1.29 is 4.79 Å². The molecule has 0 saturated heterocycles. The first kappa shape index (κ1) is 15.5. The number of halogens is 1. The first-order chi connectivity index (χ1) is 9.86. The molecule has 0 radical (unpaired) electrons. The molecule has 0 fully saturated rings. The molecule has 0 unspecified atom stereocenters. The van der Waals surface area contributed by atoms with E-state index in [2.05, 4.69) is 9.97 Å². The van der Waals surface area contributed by atoms with Gasteiger partial charge in [-0.15, -0.1) is 0 Å². The van der Waals surface area contributed by atoms with Crippen molar-refractivity contribution in [3.63, 3.8) is 0 Å². The highest BCUT2D eigenvalue weighted by atomic mass is 35.5. The molecular weight excluding hydrogens is 292 g/mol. The second-order valence-corrected chi connectivity index (χ2v) is 5.57. The Kier molecular flexibility index (Phi) is 4.59. The number of aromatic amines is 1. The monoisotopic (exact) mass is 308 g/mol. The van der Waals surface area contributed by atoms with Crippen molar-refractivity contribution in [2.45, 2.75) is 6.54 Å². The molecule has 0 atom stereocenters. The van der Waals surface area contributed by atoms with Gasteiger partial charge in [0.25, 0.3) is 5.56 Å². The zero-order valence-electron chi connectivity index (χ0n) is 12.2. The van der Waals surface area contributed by atoms with Crippen molar-refractivity contribution in [1.82, 2.24) is 19.8 Å². The van der Waals surface area contributed by atoms with Crippen LogP contribution in [0.15, 0.2) is 23.0 Å². The third-order valence-corrected chi connectivity index (χ3v) is 3.28. The lowest BCUT2D eigenvalue weighted by molar-refractivity contribution is -0.129. The standard InChI is InChI=1S/C14H17ClN4O2/c1-18(2)13(20)8-19(3)7-12-16-11-6-9(15)4-5-10(11)14(21)17-12/h4-6H,7-8H2,1-3H3,(H,16,17,21). The number of nitrogens with zero attached hydrogens (tertiary/aromatic N) is 3. The number of likely N-dealkylation sites (N-methyl/N-ethyl adjacent to an activating group) is 2. The molecule has 1 aromatic carbocycles. The number of nitrogens with one attached hydrogen (secondary N) is 1. The topological polar surface area (TPSA) is 69.3 Å². The van der Waals surface area contributed by atoms with E-state index >= 15 is 0 Å². The molecule has 1 heterocycles. The summed E-state index contributed by atoms with van der Waals surface area (Å²) in [5, 5.41) is 1.03. The Balaban J connectivity index is 2.23. The van der Waals surface area contributed by atoms with Crippen LogP contribution in [0, 0.1) is 0 Å². The van der Waals surface area contributed by atoms with E-state index in [1.54, 1.807) is 44.2 Å². The first-order valence-electron chi connectivity index (χ1n) is 6.44. The van der Waals surface area contributed by atoms with Crippen molar-refractivity contribution in [2.75, 3.05) is 27.7 Å². The fraction of sp³-hybridized carbons (Fsp3) is 0.357. The highest BCUT2D eigenvalue weighted by Crippen LogP contribution is 2.14. The van der Waals surface area contributed by atoms with Crippen molar-refractivity contribution in [3.05, 3.63) is 39.4 Å². The molecular formula is C14H17ClN4O2. The largest absolute Gasteiger partial charge is 0.348 e. The van der Waals surface area contributed by atoms with Crippen LogP contribution in [-0.2, 0) is 11.3 Å². The lowest BCUT2D eigenvalue weighted by Gasteiger charge is -2.18. The van der Waals surface area contributed by atoms with Gasteiger partial charge in [-0.3, -0.25) is 14.5 Å². The second kappa shape index (κ2) is 6.24. The maximum atomic E-state index is 12.0. The zero-order valence-corrected chi connectivity index (χ0v) is 12.9. The number of carbonyl (C=O) groups excluding carboxylic acids is 1. The molecule has 2 aromatic rings. The quantitative estimate of drug-likeness (QED) is 0.918. The summed E-state index contributed by atoms with van der Waals surface area (Å²) in [6.07, 6.45) is 0. The fourth-order valence-corrected chi connectivity index (χ4v) is 2.09. The average molecular weight is 309 g/mol. The molecule has 0 spiro atoms. The Morgan fingerprint density at radius 1 is 1.33 bits per heavy atom. The summed E-state index contributed by atoms with van der Waals surface area (Å²) in [5.74, 6) is 0.493. The van der Waals surface area contributed by atoms with E-state index in [0.717, 1.165) is 0 Å². The molecule has 0 aliphatic heterocycles. The highest BCUT2D eigenvalue weighted by molar-refractivity contribution is 6.31. The lowest BCUT2D eigenvalue weighted by Crippen LogP contribution is -2.34. The third-order valence-electron chi connectivity index (χ3n) is 3.04. The van der Waals surface area contributed by atoms with Crippen LogP contribution in [0.25, 0.3) is 10.9 Å². The summed E-state index contributed by atoms with van der Waals surface area (Å²) in [4.78, 5) is 34.1. The molecule has 0 aliphatic rings. The number of H-pyrrole nitrogens is 1. The van der Waals surface area contributed by atoms with Crippen LogP contribution in [0.5, 0.6) is 0 Å². The van der Waals surface area contributed by atoms with Gasteiger partial charge in [-0.25, -0.2) is 4.98 Å². The summed E-state index contributed by atoms with van der Waals surface area (Å²) in [6.45, 7) is 0.627.